The lowest BCUT2D eigenvalue weighted by Crippen LogP contribution is -2.60. The highest BCUT2D eigenvalue weighted by atomic mass is 16.7. The standard InChI is InChI=1S/C36H62O6/c1-22(10-9-16-32(2,3)40)24-15-17-36(8)28-13-11-25-26(34(28,6)18-19-35(24,36)7)12-14-29(33(25,4)5)42-31-30(39)27(38)20-23(21-37)41-31/h11,22-24,26-31,37-40H,9-10,12-21H2,1-8H3/t22-,23?,24?,26?,27+,28?,29+,30-,31+,34+,35-,36+/m1/s1. The first kappa shape index (κ1) is 32.9. The van der Waals surface area contributed by atoms with Crippen LogP contribution in [-0.2, 0) is 9.47 Å². The third-order valence-corrected chi connectivity index (χ3v) is 14.0. The number of aliphatic hydroxyl groups is 4. The van der Waals surface area contributed by atoms with Crippen LogP contribution in [0.15, 0.2) is 11.6 Å². The van der Waals surface area contributed by atoms with Crippen LogP contribution in [-0.4, -0.2) is 63.3 Å². The predicted octanol–water partition coefficient (Wildman–Crippen LogP) is 6.38. The minimum atomic E-state index is -1.10. The summed E-state index contributed by atoms with van der Waals surface area (Å²) in [5, 5.41) is 40.9. The van der Waals surface area contributed by atoms with Crippen LogP contribution in [0.2, 0.25) is 0 Å². The molecular formula is C36H62O6. The van der Waals surface area contributed by atoms with Crippen molar-refractivity contribution in [1.82, 2.24) is 0 Å². The molecule has 4 N–H and O–H groups in total. The van der Waals surface area contributed by atoms with Crippen LogP contribution in [0.4, 0.5) is 0 Å². The first-order chi connectivity index (χ1) is 19.5. The molecule has 12 atom stereocenters. The van der Waals surface area contributed by atoms with E-state index in [0.29, 0.717) is 28.6 Å². The SMILES string of the molecule is C[C@H](CCCC(C)(C)O)C1CC[C@@]2(C)C3CC=C4C(CC[C@H](O[C@@H]5OC(CO)C[C@H](O)[C@H]5O)C4(C)C)[C@]3(C)CC[C@]12C. The van der Waals surface area contributed by atoms with Gasteiger partial charge in [0.1, 0.15) is 6.10 Å². The second kappa shape index (κ2) is 11.4. The van der Waals surface area contributed by atoms with Crippen molar-refractivity contribution >= 4 is 0 Å². The van der Waals surface area contributed by atoms with Crippen LogP contribution in [0.3, 0.4) is 0 Å². The van der Waals surface area contributed by atoms with Crippen LogP contribution in [0.5, 0.6) is 0 Å². The zero-order chi connectivity index (χ0) is 30.9. The van der Waals surface area contributed by atoms with Crippen molar-refractivity contribution in [3.05, 3.63) is 11.6 Å². The number of aliphatic hydroxyl groups excluding tert-OH is 3. The fourth-order valence-corrected chi connectivity index (χ4v) is 11.2. The quantitative estimate of drug-likeness (QED) is 0.245. The third kappa shape index (κ3) is 5.36. The van der Waals surface area contributed by atoms with Crippen molar-refractivity contribution in [1.29, 1.82) is 0 Å². The van der Waals surface area contributed by atoms with E-state index in [2.05, 4.69) is 47.6 Å². The molecule has 4 aliphatic carbocycles. The van der Waals surface area contributed by atoms with Gasteiger partial charge in [0.25, 0.3) is 0 Å². The smallest absolute Gasteiger partial charge is 0.186 e. The molecule has 0 amide bonds. The van der Waals surface area contributed by atoms with Crippen LogP contribution >= 0.6 is 0 Å². The number of hydrogen-bond donors (Lipinski definition) is 4. The summed E-state index contributed by atoms with van der Waals surface area (Å²) in [6.07, 6.45) is 10.7. The Morgan fingerprint density at radius 1 is 1.02 bits per heavy atom. The summed E-state index contributed by atoms with van der Waals surface area (Å²) in [6.45, 7) is 18.6. The first-order valence-corrected chi connectivity index (χ1v) is 17.2. The maximum atomic E-state index is 10.7. The van der Waals surface area contributed by atoms with Gasteiger partial charge in [0, 0.05) is 11.8 Å². The summed E-state index contributed by atoms with van der Waals surface area (Å²) >= 11 is 0. The maximum Gasteiger partial charge on any atom is 0.186 e. The van der Waals surface area contributed by atoms with Crippen molar-refractivity contribution in [2.75, 3.05) is 6.61 Å². The zero-order valence-corrected chi connectivity index (χ0v) is 27.9. The van der Waals surface area contributed by atoms with Gasteiger partial charge in [0.15, 0.2) is 6.29 Å². The largest absolute Gasteiger partial charge is 0.394 e. The number of fused-ring (bicyclic) bond motifs is 5. The lowest BCUT2D eigenvalue weighted by atomic mass is 9.39. The minimum Gasteiger partial charge on any atom is -0.394 e. The molecule has 0 aromatic heterocycles. The molecule has 3 saturated carbocycles. The van der Waals surface area contributed by atoms with Crippen LogP contribution in [0.25, 0.3) is 0 Å². The molecule has 5 aliphatic rings. The molecule has 1 aliphatic heterocycles. The third-order valence-electron chi connectivity index (χ3n) is 14.0. The number of ether oxygens (including phenoxy) is 2. The summed E-state index contributed by atoms with van der Waals surface area (Å²) in [4.78, 5) is 0. The van der Waals surface area contributed by atoms with Crippen molar-refractivity contribution in [2.45, 2.75) is 162 Å². The average Bonchev–Trinajstić information content (AvgIpc) is 3.18. The van der Waals surface area contributed by atoms with Crippen molar-refractivity contribution in [2.24, 2.45) is 45.3 Å². The highest BCUT2D eigenvalue weighted by Crippen LogP contribution is 2.75. The summed E-state index contributed by atoms with van der Waals surface area (Å²) in [5.41, 5.74) is 1.68. The van der Waals surface area contributed by atoms with Gasteiger partial charge >= 0.3 is 0 Å². The summed E-state index contributed by atoms with van der Waals surface area (Å²) in [7, 11) is 0. The van der Waals surface area contributed by atoms with Gasteiger partial charge < -0.3 is 29.9 Å². The predicted molar refractivity (Wildman–Crippen MR) is 166 cm³/mol. The van der Waals surface area contributed by atoms with E-state index in [-0.39, 0.29) is 30.0 Å². The fraction of sp³-hybridized carbons (Fsp3) is 0.944. The monoisotopic (exact) mass is 590 g/mol. The Kier molecular flexibility index (Phi) is 8.91. The molecule has 1 heterocycles. The Hall–Kier alpha value is -0.500. The van der Waals surface area contributed by atoms with Gasteiger partial charge in [-0.3, -0.25) is 0 Å². The molecule has 4 fully saturated rings. The molecule has 0 radical (unpaired) electrons. The van der Waals surface area contributed by atoms with E-state index in [1.165, 1.54) is 37.7 Å². The van der Waals surface area contributed by atoms with Gasteiger partial charge in [0.2, 0.25) is 0 Å². The van der Waals surface area contributed by atoms with Crippen molar-refractivity contribution in [3.8, 4) is 0 Å². The van der Waals surface area contributed by atoms with Gasteiger partial charge in [-0.1, -0.05) is 66.0 Å². The van der Waals surface area contributed by atoms with Gasteiger partial charge in [0.05, 0.1) is 30.5 Å². The van der Waals surface area contributed by atoms with E-state index >= 15 is 0 Å². The lowest BCUT2D eigenvalue weighted by molar-refractivity contribution is -0.296. The minimum absolute atomic E-state index is 0.116. The average molecular weight is 591 g/mol. The van der Waals surface area contributed by atoms with Crippen LogP contribution in [0, 0.1) is 45.3 Å². The van der Waals surface area contributed by atoms with E-state index in [1.54, 1.807) is 0 Å². The Labute approximate surface area is 255 Å². The molecule has 0 aromatic rings. The Morgan fingerprint density at radius 2 is 1.74 bits per heavy atom. The second-order valence-electron chi connectivity index (χ2n) is 17.2. The Bertz CT molecular complexity index is 1000. The molecule has 0 aromatic carbocycles. The van der Waals surface area contributed by atoms with E-state index in [1.807, 2.05) is 13.8 Å². The van der Waals surface area contributed by atoms with E-state index in [4.69, 9.17) is 9.47 Å². The van der Waals surface area contributed by atoms with Crippen LogP contribution < -0.4 is 0 Å². The molecule has 5 rings (SSSR count). The van der Waals surface area contributed by atoms with Crippen molar-refractivity contribution < 1.29 is 29.9 Å². The summed E-state index contributed by atoms with van der Waals surface area (Å²) in [6, 6.07) is 0. The topological polar surface area (TPSA) is 99.4 Å². The second-order valence-corrected chi connectivity index (χ2v) is 17.2. The molecule has 6 nitrogen and oxygen atoms in total. The Morgan fingerprint density at radius 3 is 2.40 bits per heavy atom. The fourth-order valence-electron chi connectivity index (χ4n) is 11.2. The van der Waals surface area contributed by atoms with Crippen molar-refractivity contribution in [3.63, 3.8) is 0 Å². The van der Waals surface area contributed by atoms with Gasteiger partial charge in [-0.05, 0) is 105 Å². The van der Waals surface area contributed by atoms with Crippen LogP contribution in [0.1, 0.15) is 126 Å². The first-order valence-electron chi connectivity index (χ1n) is 17.2. The zero-order valence-electron chi connectivity index (χ0n) is 27.9. The number of allylic oxidation sites excluding steroid dienone is 1. The molecule has 0 bridgehead atoms. The molecule has 1 saturated heterocycles. The number of rotatable bonds is 8. The molecule has 242 valence electrons. The van der Waals surface area contributed by atoms with Gasteiger partial charge in [-0.25, -0.2) is 0 Å². The molecule has 4 unspecified atom stereocenters. The highest BCUT2D eigenvalue weighted by molar-refractivity contribution is 5.30. The molecular weight excluding hydrogens is 528 g/mol. The summed E-state index contributed by atoms with van der Waals surface area (Å²) in [5.74, 6) is 2.64. The van der Waals surface area contributed by atoms with E-state index in [9.17, 15) is 20.4 Å². The van der Waals surface area contributed by atoms with E-state index < -0.39 is 30.2 Å². The molecule has 42 heavy (non-hydrogen) atoms. The number of hydrogen-bond acceptors (Lipinski definition) is 6. The van der Waals surface area contributed by atoms with Gasteiger partial charge in [-0.2, -0.15) is 0 Å². The normalized spacial score (nSPS) is 47.7. The lowest BCUT2D eigenvalue weighted by Gasteiger charge is -2.66. The summed E-state index contributed by atoms with van der Waals surface area (Å²) < 4.78 is 12.4. The van der Waals surface area contributed by atoms with Gasteiger partial charge in [-0.15, -0.1) is 0 Å². The highest BCUT2D eigenvalue weighted by Gasteiger charge is 2.67. The molecule has 0 spiro atoms. The van der Waals surface area contributed by atoms with E-state index in [0.717, 1.165) is 38.0 Å². The molecule has 6 heteroatoms. The Balaban J connectivity index is 1.34. The maximum absolute atomic E-state index is 10.7.